The first-order valence-corrected chi connectivity index (χ1v) is 33.2. The van der Waals surface area contributed by atoms with Crippen molar-refractivity contribution in [3.63, 3.8) is 0 Å². The molecule has 2 unspecified atom stereocenters. The maximum Gasteiger partial charge on any atom is 0.573 e. The van der Waals surface area contributed by atoms with E-state index in [1.807, 2.05) is 81.4 Å². The SMILES string of the molecule is CC(O)O.Cc1c(Cl)ccc2c1NC(=O)C2(O)c1ccc(OC(F)(F)F)cc1.Cc1c(Cl)ccc2c1NC(=O)C2=O.Cc1c(N)cccc1Cl.Cc1ccc(C2(c3ccc(O)cc3)C(=O)Nc3c2ccc(Cl)c3C)cc1.Cl.FC(F)(F)Oc1ccc(Br)cc1.NO.O=S(=O)(O)C(F)(F)F.Oc1ccccc1. The van der Waals surface area contributed by atoms with Crippen molar-refractivity contribution >= 4 is 131 Å². The minimum absolute atomic E-state index is 0. The second-order valence-corrected chi connectivity index (χ2v) is 25.7. The third-order valence-corrected chi connectivity index (χ3v) is 17.3. The van der Waals surface area contributed by atoms with E-state index < -0.39 is 69.0 Å². The van der Waals surface area contributed by atoms with Crippen molar-refractivity contribution in [3.8, 4) is 23.0 Å². The molecule has 9 aromatic carbocycles. The minimum Gasteiger partial charge on any atom is -0.508 e. The normalized spacial score (nSPS) is 14.9. The molecule has 36 heteroatoms. The van der Waals surface area contributed by atoms with Gasteiger partial charge in [0.05, 0.1) is 22.6 Å². The van der Waals surface area contributed by atoms with E-state index in [2.05, 4.69) is 47.3 Å². The summed E-state index contributed by atoms with van der Waals surface area (Å²) in [5, 5.41) is 61.4. The summed E-state index contributed by atoms with van der Waals surface area (Å²) in [5.41, 5.74) is 7.10. The lowest BCUT2D eigenvalue weighted by Gasteiger charge is -2.29. The number of amides is 3. The molecule has 0 spiro atoms. The van der Waals surface area contributed by atoms with Crippen LogP contribution in [-0.2, 0) is 35.5 Å². The topological polar surface area (TPSA) is 351 Å². The summed E-state index contributed by atoms with van der Waals surface area (Å²) in [5.74, 6) is 1.43. The molecule has 0 saturated carbocycles. The van der Waals surface area contributed by atoms with E-state index >= 15 is 0 Å². The number of fused-ring (bicyclic) bond motifs is 3. The highest BCUT2D eigenvalue weighted by Gasteiger charge is 2.51. The van der Waals surface area contributed by atoms with Crippen molar-refractivity contribution in [1.29, 1.82) is 0 Å². The Morgan fingerprint density at radius 3 is 1.29 bits per heavy atom. The first-order chi connectivity index (χ1) is 48.7. The van der Waals surface area contributed by atoms with Crippen LogP contribution in [0.15, 0.2) is 186 Å². The molecule has 0 fully saturated rings. The number of alkyl halides is 9. The quantitative estimate of drug-likeness (QED) is 0.0145. The lowest BCUT2D eigenvalue weighted by molar-refractivity contribution is -0.275. The number of rotatable bonds is 5. The molecule has 3 aliphatic heterocycles. The fourth-order valence-corrected chi connectivity index (χ4v) is 10.3. The predicted octanol–water partition coefficient (Wildman–Crippen LogP) is 16.9. The number of benzene rings is 9. The number of carbonyl (C=O) groups is 4. The fourth-order valence-electron chi connectivity index (χ4n) is 9.42. The highest BCUT2D eigenvalue weighted by atomic mass is 79.9. The summed E-state index contributed by atoms with van der Waals surface area (Å²) >= 11 is 26.9. The number of phenolic OH excluding ortho intramolecular Hbond substituents is 2. The van der Waals surface area contributed by atoms with E-state index in [1.54, 1.807) is 80.6 Å². The molecule has 20 nitrogen and oxygen atoms in total. The Morgan fingerprint density at radius 1 is 0.500 bits per heavy atom. The van der Waals surface area contributed by atoms with Crippen molar-refractivity contribution in [2.24, 2.45) is 5.90 Å². The van der Waals surface area contributed by atoms with E-state index in [0.29, 0.717) is 53.4 Å². The zero-order valence-corrected chi connectivity index (χ0v) is 61.8. The van der Waals surface area contributed by atoms with Crippen molar-refractivity contribution in [2.45, 2.75) is 77.1 Å². The molecule has 3 aliphatic rings. The zero-order chi connectivity index (χ0) is 79.5. The highest BCUT2D eigenvalue weighted by Crippen LogP contribution is 2.50. The molecule has 3 amide bonds. The maximum absolute atomic E-state index is 13.4. The summed E-state index contributed by atoms with van der Waals surface area (Å²) in [7, 11) is -5.84. The highest BCUT2D eigenvalue weighted by molar-refractivity contribution is 9.10. The number of nitrogens with two attached hydrogens (primary N) is 2. The number of nitrogens with one attached hydrogen (secondary N) is 3. The Morgan fingerprint density at radius 2 is 0.877 bits per heavy atom. The number of Topliss-reactive ketones (excluding diaryl/α,β-unsaturated/α-hetero) is 1. The van der Waals surface area contributed by atoms with Crippen LogP contribution in [0.25, 0.3) is 0 Å². The van der Waals surface area contributed by atoms with Gasteiger partial charge in [0.1, 0.15) is 34.7 Å². The van der Waals surface area contributed by atoms with Crippen LogP contribution in [0.5, 0.6) is 23.0 Å². The van der Waals surface area contributed by atoms with Gasteiger partial charge in [0.15, 0.2) is 5.60 Å². The maximum atomic E-state index is 13.4. The number of aliphatic hydroxyl groups is 3. The molecule has 0 bridgehead atoms. The van der Waals surface area contributed by atoms with Crippen LogP contribution in [-0.4, -0.2) is 91.7 Å². The molecule has 0 aliphatic carbocycles. The Hall–Kier alpha value is -8.93. The van der Waals surface area contributed by atoms with E-state index in [9.17, 15) is 68.9 Å². The van der Waals surface area contributed by atoms with Gasteiger partial charge in [-0.1, -0.05) is 153 Å². The van der Waals surface area contributed by atoms with Gasteiger partial charge in [-0.15, -0.1) is 38.7 Å². The molecule has 12 rings (SSSR count). The number of carbonyl (C=O) groups excluding carboxylic acids is 4. The van der Waals surface area contributed by atoms with Crippen LogP contribution in [0.2, 0.25) is 20.1 Å². The van der Waals surface area contributed by atoms with Gasteiger partial charge >= 0.3 is 28.4 Å². The number of aliphatic hydroxyl groups excluding tert-OH is 1. The van der Waals surface area contributed by atoms with E-state index in [4.69, 9.17) is 85.6 Å². The predicted molar refractivity (Wildman–Crippen MR) is 388 cm³/mol. The number of phenols is 2. The lowest BCUT2D eigenvalue weighted by Crippen LogP contribution is -2.37. The lowest BCUT2D eigenvalue weighted by atomic mass is 9.70. The van der Waals surface area contributed by atoms with Crippen LogP contribution in [0.1, 0.15) is 72.9 Å². The van der Waals surface area contributed by atoms with Gasteiger partial charge in [-0.2, -0.15) is 21.6 Å². The largest absolute Gasteiger partial charge is 0.573 e. The smallest absolute Gasteiger partial charge is 0.508 e. The summed E-state index contributed by atoms with van der Waals surface area (Å²) in [6.07, 6.45) is -10.6. The fraction of sp³-hybridized carbons (Fsp3) is 0.171. The molecule has 3 heterocycles. The number of ether oxygens (including phenoxy) is 2. The van der Waals surface area contributed by atoms with Crippen LogP contribution in [0.4, 0.5) is 62.3 Å². The molecule has 0 aromatic heterocycles. The van der Waals surface area contributed by atoms with Crippen LogP contribution < -0.4 is 37.1 Å². The van der Waals surface area contributed by atoms with Crippen molar-refractivity contribution in [1.82, 2.24) is 0 Å². The molecule has 0 saturated heterocycles. The number of para-hydroxylation sites is 1. The van der Waals surface area contributed by atoms with Crippen molar-refractivity contribution in [2.75, 3.05) is 21.7 Å². The Kier molecular flexibility index (Phi) is 33.6. The summed E-state index contributed by atoms with van der Waals surface area (Å²) in [6.45, 7) is 10.6. The molecule has 2 atom stereocenters. The zero-order valence-electron chi connectivity index (χ0n) is 55.6. The Balaban J connectivity index is 0.000000333. The number of hydrogen-bond acceptors (Lipinski definition) is 16. The van der Waals surface area contributed by atoms with Gasteiger partial charge in [0.25, 0.3) is 17.6 Å². The van der Waals surface area contributed by atoms with E-state index in [0.717, 1.165) is 67.5 Å². The van der Waals surface area contributed by atoms with Gasteiger partial charge in [-0.05, 0) is 178 Å². The minimum atomic E-state index is -5.84. The first-order valence-electron chi connectivity index (χ1n) is 29.5. The van der Waals surface area contributed by atoms with Crippen LogP contribution in [0.3, 0.4) is 0 Å². The third-order valence-electron chi connectivity index (χ3n) is 14.5. The second kappa shape index (κ2) is 39.1. The van der Waals surface area contributed by atoms with Crippen molar-refractivity contribution < 1.29 is 112 Å². The van der Waals surface area contributed by atoms with E-state index in [1.165, 1.54) is 49.4 Å². The molecule has 0 radical (unpaired) electrons. The molecule has 9 aromatic rings. The standard InChI is InChI=1S/C22H18ClNO2.C16H11ClF3NO3.C9H6ClNO2.C7H4BrF3O.C7H8ClN.C6H6O.C2H6O2.CHF3O3S.ClH.H3NO/c1-13-3-5-15(6-4-13)22(16-7-9-17(25)10-8-16)18-11-12-19(23)14(2)20(18)24-21(22)26;1-8-12(17)7-6-11-13(8)21-14(22)15(11,23)9-2-4-10(5-3-9)24-16(18,19)20;1-4-6(10)3-2-5-7(4)11-9(13)8(5)12;8-5-1-3-6(4-2-5)12-7(9,10)11;1-5-6(8)3-2-4-7(5)9;7-6-4-2-1-3-5-6;1-2(3)4;2-1(3,4)8(5,6)7;;1-2/h3-12,25H,1-2H3,(H,24,26);2-7,23H,1H3,(H,21,22);2-3H,1H3,(H,11,12,13);1-4H;2-4H,9H2,1H3;1-5,7H;2-4H,1H3;(H,5,6,7);1H;2H,1H2. The number of anilines is 4. The van der Waals surface area contributed by atoms with Crippen LogP contribution in [0, 0.1) is 34.6 Å². The second-order valence-electron chi connectivity index (χ2n) is 21.8. The number of nitrogen functional groups attached to an aromatic ring is 1. The Bertz CT molecular complexity index is 4550. The number of hydrogen-bond donors (Lipinski definition) is 12. The number of halogens is 15. The molecule has 14 N–H and O–H groups in total. The molecule has 106 heavy (non-hydrogen) atoms. The van der Waals surface area contributed by atoms with Gasteiger partial charge in [0.2, 0.25) is 5.91 Å². The number of aryl methyl sites for hydroxylation is 1. The number of ketones is 1. The monoisotopic (exact) mass is 1670 g/mol. The average molecular weight is 1680 g/mol. The van der Waals surface area contributed by atoms with E-state index in [-0.39, 0.29) is 35.4 Å². The molecule has 570 valence electrons. The van der Waals surface area contributed by atoms with Gasteiger partial charge in [-0.3, -0.25) is 23.7 Å². The third kappa shape index (κ3) is 24.6. The molecular formula is C70H64BrCl5F9N5O15S. The summed E-state index contributed by atoms with van der Waals surface area (Å²) in [6, 6.07) is 48.9. The van der Waals surface area contributed by atoms with Crippen LogP contribution >= 0.6 is 74.7 Å². The average Bonchev–Trinajstić information content (AvgIpc) is 1.52. The Labute approximate surface area is 634 Å². The van der Waals surface area contributed by atoms with Gasteiger partial charge < -0.3 is 61.9 Å². The summed E-state index contributed by atoms with van der Waals surface area (Å²) < 4.78 is 137. The van der Waals surface area contributed by atoms with Gasteiger partial charge in [0, 0.05) is 41.4 Å². The number of aromatic hydroxyl groups is 2. The van der Waals surface area contributed by atoms with Gasteiger partial charge in [-0.25, -0.2) is 5.90 Å². The molecular weight excluding hydrogens is 1610 g/mol. The first kappa shape index (κ1) is 91.3. The summed E-state index contributed by atoms with van der Waals surface area (Å²) in [4.78, 5) is 47.9. The van der Waals surface area contributed by atoms with Crippen molar-refractivity contribution in [3.05, 3.63) is 268 Å².